The predicted octanol–water partition coefficient (Wildman–Crippen LogP) is 5.00. The fraction of sp³-hybridized carbons (Fsp3) is 0.520. The van der Waals surface area contributed by atoms with Crippen LogP contribution in [0.15, 0.2) is 48.5 Å². The van der Waals surface area contributed by atoms with Gasteiger partial charge in [-0.2, -0.15) is 0 Å². The summed E-state index contributed by atoms with van der Waals surface area (Å²) in [5, 5.41) is 0. The molecule has 1 saturated carbocycles. The summed E-state index contributed by atoms with van der Waals surface area (Å²) in [4.78, 5) is 2.83. The fourth-order valence-corrected chi connectivity index (χ4v) is 6.39. The molecule has 1 aliphatic heterocycles. The van der Waals surface area contributed by atoms with Gasteiger partial charge in [0.25, 0.3) is 0 Å². The van der Waals surface area contributed by atoms with Crippen LogP contribution >= 0.6 is 0 Å². The van der Waals surface area contributed by atoms with Gasteiger partial charge in [0, 0.05) is 18.0 Å². The molecule has 1 saturated heterocycles. The average Bonchev–Trinajstić information content (AvgIpc) is 2.73. The number of fused-ring (bicyclic) bond motifs is 1. The highest BCUT2D eigenvalue weighted by Crippen LogP contribution is 2.56. The number of hydrogen-bond donors (Lipinski definition) is 0. The van der Waals surface area contributed by atoms with Gasteiger partial charge in [0.2, 0.25) is 0 Å². The van der Waals surface area contributed by atoms with E-state index in [1.165, 1.54) is 63.6 Å². The highest BCUT2D eigenvalue weighted by molar-refractivity contribution is 5.45. The molecule has 0 spiro atoms. The molecule has 0 amide bonds. The Kier molecular flexibility index (Phi) is 4.47. The van der Waals surface area contributed by atoms with Crippen LogP contribution in [0.5, 0.6) is 5.75 Å². The van der Waals surface area contributed by atoms with E-state index in [1.807, 2.05) is 0 Å². The van der Waals surface area contributed by atoms with Crippen LogP contribution in [0.3, 0.4) is 0 Å². The van der Waals surface area contributed by atoms with E-state index in [9.17, 15) is 0 Å². The molecule has 2 bridgehead atoms. The lowest BCUT2D eigenvalue weighted by Gasteiger charge is -2.59. The van der Waals surface area contributed by atoms with E-state index >= 15 is 0 Å². The van der Waals surface area contributed by atoms with Crippen molar-refractivity contribution in [1.29, 1.82) is 0 Å². The zero-order valence-corrected chi connectivity index (χ0v) is 16.5. The van der Waals surface area contributed by atoms with E-state index < -0.39 is 0 Å². The van der Waals surface area contributed by atoms with Crippen molar-refractivity contribution >= 4 is 0 Å². The largest absolute Gasteiger partial charge is 0.497 e. The first-order chi connectivity index (χ1) is 13.3. The molecule has 2 aromatic rings. The molecule has 0 N–H and O–H groups in total. The van der Waals surface area contributed by atoms with E-state index in [0.717, 1.165) is 17.7 Å². The van der Waals surface area contributed by atoms with E-state index in [2.05, 4.69) is 53.4 Å². The van der Waals surface area contributed by atoms with E-state index in [-0.39, 0.29) is 0 Å². The van der Waals surface area contributed by atoms with Gasteiger partial charge >= 0.3 is 0 Å². The lowest BCUT2D eigenvalue weighted by Crippen LogP contribution is -2.61. The number of piperidine rings is 1. The summed E-state index contributed by atoms with van der Waals surface area (Å²) in [7, 11) is 1.80. The van der Waals surface area contributed by atoms with Crippen molar-refractivity contribution in [2.45, 2.75) is 56.4 Å². The van der Waals surface area contributed by atoms with E-state index in [4.69, 9.17) is 4.74 Å². The zero-order valence-electron chi connectivity index (χ0n) is 16.5. The number of benzene rings is 2. The van der Waals surface area contributed by atoms with Crippen molar-refractivity contribution in [2.24, 2.45) is 5.92 Å². The van der Waals surface area contributed by atoms with Gasteiger partial charge in [-0.1, -0.05) is 49.2 Å². The molecule has 0 radical (unpaired) electrons. The molecule has 27 heavy (non-hydrogen) atoms. The molecule has 1 heterocycles. The van der Waals surface area contributed by atoms with E-state index in [1.54, 1.807) is 18.2 Å². The maximum atomic E-state index is 5.59. The monoisotopic (exact) mass is 361 g/mol. The minimum absolute atomic E-state index is 0.411. The number of likely N-dealkylation sites (tertiary alicyclic amines) is 1. The van der Waals surface area contributed by atoms with E-state index in [0.29, 0.717) is 5.41 Å². The minimum atomic E-state index is 0.411. The number of rotatable bonds is 4. The summed E-state index contributed by atoms with van der Waals surface area (Å²) >= 11 is 0. The molecule has 3 atom stereocenters. The first-order valence-electron chi connectivity index (χ1n) is 10.8. The highest BCUT2D eigenvalue weighted by atomic mass is 16.5. The van der Waals surface area contributed by atoms with Gasteiger partial charge in [0.05, 0.1) is 7.11 Å². The van der Waals surface area contributed by atoms with Gasteiger partial charge < -0.3 is 4.74 Å². The molecule has 2 heteroatoms. The topological polar surface area (TPSA) is 12.5 Å². The van der Waals surface area contributed by atoms with Gasteiger partial charge in [-0.05, 0) is 73.4 Å². The maximum absolute atomic E-state index is 5.59. The molecule has 2 aromatic carbocycles. The Balaban J connectivity index is 1.45. The van der Waals surface area contributed by atoms with Crippen LogP contribution in [-0.4, -0.2) is 31.1 Å². The van der Waals surface area contributed by atoms with Crippen LogP contribution in [0.4, 0.5) is 0 Å². The molecular formula is C25H31NO. The third-order valence-corrected chi connectivity index (χ3v) is 7.69. The summed E-state index contributed by atoms with van der Waals surface area (Å²) in [6.07, 6.45) is 9.30. The number of ether oxygens (including phenoxy) is 1. The molecule has 0 unspecified atom stereocenters. The molecule has 0 aromatic heterocycles. The normalized spacial score (nSPS) is 29.7. The lowest BCUT2D eigenvalue weighted by molar-refractivity contribution is -0.0106. The predicted molar refractivity (Wildman–Crippen MR) is 110 cm³/mol. The molecule has 5 rings (SSSR count). The average molecular weight is 362 g/mol. The Bertz CT molecular complexity index is 801. The second-order valence-electron chi connectivity index (χ2n) is 8.82. The fourth-order valence-electron chi connectivity index (χ4n) is 6.39. The standard InChI is InChI=1S/C25H31NO/c1-27-21-11-10-20-17-24-22-9-5-6-13-25(22,23(20)18-21)14-16-26(24)15-12-19-7-3-2-4-8-19/h2-4,7-8,10-11,18,22,24H,5-6,9,12-17H2,1H3/t22-,24+,25+/m0/s1. The quantitative estimate of drug-likeness (QED) is 0.760. The van der Waals surface area contributed by atoms with Crippen molar-refractivity contribution in [2.75, 3.05) is 20.2 Å². The van der Waals surface area contributed by atoms with Crippen molar-refractivity contribution in [3.63, 3.8) is 0 Å². The molecule has 142 valence electrons. The van der Waals surface area contributed by atoms with Crippen LogP contribution < -0.4 is 4.74 Å². The Hall–Kier alpha value is -1.80. The Morgan fingerprint density at radius 3 is 2.81 bits per heavy atom. The maximum Gasteiger partial charge on any atom is 0.119 e. The summed E-state index contributed by atoms with van der Waals surface area (Å²) in [6.45, 7) is 2.46. The summed E-state index contributed by atoms with van der Waals surface area (Å²) in [6, 6.07) is 18.6. The third kappa shape index (κ3) is 2.89. The second kappa shape index (κ2) is 6.98. The van der Waals surface area contributed by atoms with Gasteiger partial charge in [-0.25, -0.2) is 0 Å². The SMILES string of the molecule is COc1ccc2c(c1)[C@@]13CCCC[C@H]1[C@@H](C2)N(CCc1ccccc1)CC3. The first kappa shape index (κ1) is 17.3. The van der Waals surface area contributed by atoms with Crippen molar-refractivity contribution in [3.05, 3.63) is 65.2 Å². The first-order valence-corrected chi connectivity index (χ1v) is 10.8. The summed E-state index contributed by atoms with van der Waals surface area (Å²) in [5.74, 6) is 1.87. The lowest BCUT2D eigenvalue weighted by atomic mass is 9.52. The Labute approximate surface area is 163 Å². The van der Waals surface area contributed by atoms with Crippen molar-refractivity contribution in [1.82, 2.24) is 4.90 Å². The van der Waals surface area contributed by atoms with Crippen molar-refractivity contribution in [3.8, 4) is 5.75 Å². The van der Waals surface area contributed by atoms with Gasteiger partial charge in [0.15, 0.2) is 0 Å². The molecule has 2 fully saturated rings. The van der Waals surface area contributed by atoms with Crippen LogP contribution in [0.2, 0.25) is 0 Å². The molecule has 2 aliphatic carbocycles. The highest BCUT2D eigenvalue weighted by Gasteiger charge is 2.53. The van der Waals surface area contributed by atoms with Gasteiger partial charge in [-0.15, -0.1) is 0 Å². The molecule has 2 nitrogen and oxygen atoms in total. The van der Waals surface area contributed by atoms with Crippen LogP contribution in [-0.2, 0) is 18.3 Å². The Morgan fingerprint density at radius 2 is 1.96 bits per heavy atom. The van der Waals surface area contributed by atoms with Crippen LogP contribution in [0, 0.1) is 5.92 Å². The second-order valence-corrected chi connectivity index (χ2v) is 8.82. The summed E-state index contributed by atoms with van der Waals surface area (Å²) < 4.78 is 5.59. The number of hydrogen-bond acceptors (Lipinski definition) is 2. The van der Waals surface area contributed by atoms with Gasteiger partial charge in [-0.3, -0.25) is 4.90 Å². The molecular weight excluding hydrogens is 330 g/mol. The minimum Gasteiger partial charge on any atom is -0.497 e. The number of nitrogens with zero attached hydrogens (tertiary/aromatic N) is 1. The zero-order chi connectivity index (χ0) is 18.3. The summed E-state index contributed by atoms with van der Waals surface area (Å²) in [5.41, 5.74) is 5.10. The third-order valence-electron chi connectivity index (χ3n) is 7.69. The van der Waals surface area contributed by atoms with Gasteiger partial charge in [0.1, 0.15) is 5.75 Å². The number of methoxy groups -OCH3 is 1. The van der Waals surface area contributed by atoms with Crippen LogP contribution in [0.25, 0.3) is 0 Å². The van der Waals surface area contributed by atoms with Crippen LogP contribution in [0.1, 0.15) is 48.8 Å². The Morgan fingerprint density at radius 1 is 1.07 bits per heavy atom. The van der Waals surface area contributed by atoms with Crippen molar-refractivity contribution < 1.29 is 4.74 Å². The smallest absolute Gasteiger partial charge is 0.119 e. The molecule has 3 aliphatic rings.